The smallest absolute Gasteiger partial charge is 0.314 e. The highest BCUT2D eigenvalue weighted by Crippen LogP contribution is 2.17. The van der Waals surface area contributed by atoms with Crippen LogP contribution in [0, 0.1) is 5.92 Å². The van der Waals surface area contributed by atoms with Gasteiger partial charge in [0.2, 0.25) is 0 Å². The van der Waals surface area contributed by atoms with E-state index in [4.69, 9.17) is 5.11 Å². The van der Waals surface area contributed by atoms with E-state index in [-0.39, 0.29) is 12.2 Å². The molecule has 0 fully saturated rings. The number of aliphatic carboxylic acids is 2. The summed E-state index contributed by atoms with van der Waals surface area (Å²) in [4.78, 5) is 34.0. The van der Waals surface area contributed by atoms with Gasteiger partial charge in [0, 0.05) is 12.8 Å². The Bertz CT molecular complexity index is 406. The second-order valence-corrected chi connectivity index (χ2v) is 7.64. The number of rotatable bonds is 20. The number of carboxylic acids is 2. The second-order valence-electron chi connectivity index (χ2n) is 7.64. The normalized spacial score (nSPS) is 12.0. The molecule has 0 bridgehead atoms. The third kappa shape index (κ3) is 16.5. The Morgan fingerprint density at radius 3 is 1.56 bits per heavy atom. The molecule has 158 valence electrons. The summed E-state index contributed by atoms with van der Waals surface area (Å²) in [5.74, 6) is -2.76. The lowest BCUT2D eigenvalue weighted by Gasteiger charge is -2.11. The molecule has 0 aliphatic carbocycles. The van der Waals surface area contributed by atoms with Crippen LogP contribution in [0.3, 0.4) is 0 Å². The van der Waals surface area contributed by atoms with Gasteiger partial charge in [0.15, 0.2) is 0 Å². The summed E-state index contributed by atoms with van der Waals surface area (Å²) in [6, 6.07) is 0. The SMILES string of the molecule is CCCCCCCCCCCC(=O)C(CCCCCCCC(=O)O)C(=O)O. The molecule has 2 N–H and O–H groups in total. The van der Waals surface area contributed by atoms with Crippen molar-refractivity contribution in [3.63, 3.8) is 0 Å². The van der Waals surface area contributed by atoms with E-state index < -0.39 is 17.9 Å². The van der Waals surface area contributed by atoms with Crippen LogP contribution < -0.4 is 0 Å². The predicted octanol–water partition coefficient (Wildman–Crippen LogP) is 5.99. The number of hydrogen-bond acceptors (Lipinski definition) is 3. The van der Waals surface area contributed by atoms with Gasteiger partial charge in [0.1, 0.15) is 11.7 Å². The quantitative estimate of drug-likeness (QED) is 0.199. The van der Waals surface area contributed by atoms with Crippen LogP contribution in [0.1, 0.15) is 116 Å². The van der Waals surface area contributed by atoms with E-state index in [2.05, 4.69) is 6.92 Å². The van der Waals surface area contributed by atoms with Crippen LogP contribution in [0.5, 0.6) is 0 Å². The van der Waals surface area contributed by atoms with Gasteiger partial charge in [-0.1, -0.05) is 84.0 Å². The summed E-state index contributed by atoms with van der Waals surface area (Å²) in [6.45, 7) is 2.21. The van der Waals surface area contributed by atoms with Crippen LogP contribution in [0.4, 0.5) is 0 Å². The molecule has 0 rings (SSSR count). The molecule has 27 heavy (non-hydrogen) atoms. The first-order chi connectivity index (χ1) is 13.0. The molecule has 1 unspecified atom stereocenters. The Kier molecular flexibility index (Phi) is 17.1. The van der Waals surface area contributed by atoms with Crippen molar-refractivity contribution in [1.29, 1.82) is 0 Å². The maximum absolute atomic E-state index is 12.2. The molecular weight excluding hydrogens is 344 g/mol. The van der Waals surface area contributed by atoms with Crippen molar-refractivity contribution < 1.29 is 24.6 Å². The third-order valence-electron chi connectivity index (χ3n) is 5.10. The fourth-order valence-electron chi connectivity index (χ4n) is 3.36. The molecule has 0 aromatic carbocycles. The van der Waals surface area contributed by atoms with Gasteiger partial charge >= 0.3 is 11.9 Å². The van der Waals surface area contributed by atoms with E-state index in [1.807, 2.05) is 0 Å². The van der Waals surface area contributed by atoms with E-state index in [0.29, 0.717) is 25.7 Å². The molecule has 0 aromatic heterocycles. The Hall–Kier alpha value is -1.39. The van der Waals surface area contributed by atoms with Crippen molar-refractivity contribution >= 4 is 17.7 Å². The highest BCUT2D eigenvalue weighted by molar-refractivity contribution is 5.98. The van der Waals surface area contributed by atoms with Gasteiger partial charge in [-0.05, 0) is 19.3 Å². The molecule has 0 radical (unpaired) electrons. The number of carbonyl (C=O) groups is 3. The van der Waals surface area contributed by atoms with Crippen LogP contribution in [-0.4, -0.2) is 27.9 Å². The minimum atomic E-state index is -0.998. The number of Topliss-reactive ketones (excluding diaryl/α,β-unsaturated/α-hetero) is 1. The van der Waals surface area contributed by atoms with Gasteiger partial charge in [-0.25, -0.2) is 0 Å². The van der Waals surface area contributed by atoms with Crippen LogP contribution in [-0.2, 0) is 14.4 Å². The fourth-order valence-corrected chi connectivity index (χ4v) is 3.36. The monoisotopic (exact) mass is 384 g/mol. The topological polar surface area (TPSA) is 91.7 Å². The highest BCUT2D eigenvalue weighted by atomic mass is 16.4. The fraction of sp³-hybridized carbons (Fsp3) is 0.864. The lowest BCUT2D eigenvalue weighted by Crippen LogP contribution is -2.23. The molecule has 0 spiro atoms. The Balaban J connectivity index is 3.73. The van der Waals surface area contributed by atoms with Gasteiger partial charge < -0.3 is 10.2 Å². The second kappa shape index (κ2) is 18.0. The Morgan fingerprint density at radius 2 is 1.07 bits per heavy atom. The minimum Gasteiger partial charge on any atom is -0.481 e. The highest BCUT2D eigenvalue weighted by Gasteiger charge is 2.24. The van der Waals surface area contributed by atoms with E-state index in [1.54, 1.807) is 0 Å². The maximum Gasteiger partial charge on any atom is 0.314 e. The van der Waals surface area contributed by atoms with Crippen molar-refractivity contribution in [3.05, 3.63) is 0 Å². The molecule has 0 amide bonds. The van der Waals surface area contributed by atoms with Gasteiger partial charge in [-0.15, -0.1) is 0 Å². The molecule has 1 atom stereocenters. The first-order valence-electron chi connectivity index (χ1n) is 11.0. The zero-order chi connectivity index (χ0) is 20.3. The summed E-state index contributed by atoms with van der Waals surface area (Å²) >= 11 is 0. The van der Waals surface area contributed by atoms with Crippen molar-refractivity contribution in [2.24, 2.45) is 5.92 Å². The van der Waals surface area contributed by atoms with Crippen molar-refractivity contribution in [2.45, 2.75) is 116 Å². The van der Waals surface area contributed by atoms with Crippen molar-refractivity contribution in [2.75, 3.05) is 0 Å². The molecule has 0 saturated carbocycles. The number of ketones is 1. The van der Waals surface area contributed by atoms with Gasteiger partial charge in [0.05, 0.1) is 0 Å². The molecule has 0 aliphatic heterocycles. The molecule has 0 aliphatic rings. The number of carbonyl (C=O) groups excluding carboxylic acids is 1. The van der Waals surface area contributed by atoms with Gasteiger partial charge in [-0.3, -0.25) is 14.4 Å². The van der Waals surface area contributed by atoms with Gasteiger partial charge in [0.25, 0.3) is 0 Å². The van der Waals surface area contributed by atoms with Crippen LogP contribution in [0.2, 0.25) is 0 Å². The molecule has 0 heterocycles. The van der Waals surface area contributed by atoms with Crippen molar-refractivity contribution in [1.82, 2.24) is 0 Å². The van der Waals surface area contributed by atoms with E-state index >= 15 is 0 Å². The van der Waals surface area contributed by atoms with Crippen LogP contribution >= 0.6 is 0 Å². The van der Waals surface area contributed by atoms with E-state index in [9.17, 15) is 19.5 Å². The molecule has 5 nitrogen and oxygen atoms in total. The largest absolute Gasteiger partial charge is 0.481 e. The first kappa shape index (κ1) is 25.6. The molecular formula is C22H40O5. The molecule has 0 saturated heterocycles. The summed E-state index contributed by atoms with van der Waals surface area (Å²) in [5, 5.41) is 17.9. The lowest BCUT2D eigenvalue weighted by molar-refractivity contribution is -0.146. The number of hydrogen-bond donors (Lipinski definition) is 2. The van der Waals surface area contributed by atoms with E-state index in [1.165, 1.54) is 38.5 Å². The van der Waals surface area contributed by atoms with Crippen LogP contribution in [0.15, 0.2) is 0 Å². The summed E-state index contributed by atoms with van der Waals surface area (Å²) in [7, 11) is 0. The minimum absolute atomic E-state index is 0.128. The summed E-state index contributed by atoms with van der Waals surface area (Å²) in [5.41, 5.74) is 0. The predicted molar refractivity (Wildman–Crippen MR) is 108 cm³/mol. The zero-order valence-corrected chi connectivity index (χ0v) is 17.2. The summed E-state index contributed by atoms with van der Waals surface area (Å²) in [6.07, 6.45) is 15.5. The third-order valence-corrected chi connectivity index (χ3v) is 5.10. The van der Waals surface area contributed by atoms with Crippen LogP contribution in [0.25, 0.3) is 0 Å². The number of unbranched alkanes of at least 4 members (excludes halogenated alkanes) is 12. The number of carboxylic acid groups (broad SMARTS) is 2. The van der Waals surface area contributed by atoms with Crippen molar-refractivity contribution in [3.8, 4) is 0 Å². The standard InChI is InChI=1S/C22H40O5/c1-2-3-4-5-6-7-8-11-14-17-20(23)19(22(26)27)16-13-10-9-12-15-18-21(24)25/h19H,2-18H2,1H3,(H,24,25)(H,26,27). The lowest BCUT2D eigenvalue weighted by atomic mass is 9.93. The first-order valence-corrected chi connectivity index (χ1v) is 11.0. The van der Waals surface area contributed by atoms with E-state index in [0.717, 1.165) is 38.5 Å². The van der Waals surface area contributed by atoms with Gasteiger partial charge in [-0.2, -0.15) is 0 Å². The average Bonchev–Trinajstić information content (AvgIpc) is 2.61. The summed E-state index contributed by atoms with van der Waals surface area (Å²) < 4.78 is 0. The zero-order valence-electron chi connectivity index (χ0n) is 17.2. The Labute approximate surface area is 164 Å². The maximum atomic E-state index is 12.2. The molecule has 0 aromatic rings. The Morgan fingerprint density at radius 1 is 0.630 bits per heavy atom. The molecule has 5 heteroatoms. The average molecular weight is 385 g/mol.